The van der Waals surface area contributed by atoms with Crippen molar-refractivity contribution < 1.29 is 23.9 Å². The number of benzene rings is 1. The number of hydrogen-bond donors (Lipinski definition) is 1. The molecule has 8 nitrogen and oxygen atoms in total. The van der Waals surface area contributed by atoms with Crippen LogP contribution in [0.4, 0.5) is 0 Å². The van der Waals surface area contributed by atoms with Gasteiger partial charge in [0, 0.05) is 44.3 Å². The molecule has 2 saturated heterocycles. The molecule has 3 heterocycles. The lowest BCUT2D eigenvalue weighted by atomic mass is 9.74. The van der Waals surface area contributed by atoms with E-state index in [-0.39, 0.29) is 30.2 Å². The summed E-state index contributed by atoms with van der Waals surface area (Å²) in [7, 11) is 0. The number of nitrogens with one attached hydrogen (secondary N) is 1. The van der Waals surface area contributed by atoms with Crippen molar-refractivity contribution in [2.45, 2.75) is 102 Å². The number of carbonyl (C=O) groups is 3. The fraction of sp³-hybridized carbons (Fsp3) is 0.700. The Morgan fingerprint density at radius 3 is 2.50 bits per heavy atom. The molecule has 206 valence electrons. The van der Waals surface area contributed by atoms with E-state index in [2.05, 4.69) is 17.1 Å². The lowest BCUT2D eigenvalue weighted by Crippen LogP contribution is -2.59. The number of ether oxygens (including phenoxy) is 2. The standard InChI is InChI=1S/C30H41N3O5/c1-2-37-22-9-7-19(8-10-22)21-16-32(17-21)25-5-3-4-6-27(25)38-23-11-12-24-20(15-23)18-33(30(24)36)26-13-14-28(34)31-29(26)35/h11-12,15,19,21-22,25-27H,2-10,13-14,16-18H2,1H3,(H,31,34,35)/t19?,22?,25-,26?,27?/m1/s1. The Labute approximate surface area is 225 Å². The van der Waals surface area contributed by atoms with Crippen LogP contribution in [0, 0.1) is 11.8 Å². The molecular formula is C30H41N3O5. The molecule has 3 amide bonds. The van der Waals surface area contributed by atoms with E-state index in [0.29, 0.717) is 30.7 Å². The average molecular weight is 524 g/mol. The predicted octanol–water partition coefficient (Wildman–Crippen LogP) is 3.66. The molecule has 1 aromatic carbocycles. The number of rotatable bonds is 7. The summed E-state index contributed by atoms with van der Waals surface area (Å²) in [6, 6.07) is 5.60. The summed E-state index contributed by atoms with van der Waals surface area (Å²) in [5.41, 5.74) is 1.53. The molecule has 2 aliphatic carbocycles. The van der Waals surface area contributed by atoms with Gasteiger partial charge in [-0.25, -0.2) is 0 Å². The summed E-state index contributed by atoms with van der Waals surface area (Å²) in [6.07, 6.45) is 11.0. The molecule has 0 spiro atoms. The smallest absolute Gasteiger partial charge is 0.255 e. The lowest BCUT2D eigenvalue weighted by Gasteiger charge is -2.51. The minimum absolute atomic E-state index is 0.140. The van der Waals surface area contributed by atoms with Crippen LogP contribution in [0.2, 0.25) is 0 Å². The Morgan fingerprint density at radius 1 is 0.947 bits per heavy atom. The molecule has 0 aromatic heterocycles. The van der Waals surface area contributed by atoms with Gasteiger partial charge in [-0.1, -0.05) is 6.42 Å². The summed E-state index contributed by atoms with van der Waals surface area (Å²) in [5.74, 6) is 1.68. The lowest BCUT2D eigenvalue weighted by molar-refractivity contribution is -0.136. The van der Waals surface area contributed by atoms with Crippen LogP contribution in [0.5, 0.6) is 5.75 Å². The summed E-state index contributed by atoms with van der Waals surface area (Å²) in [4.78, 5) is 41.2. The van der Waals surface area contributed by atoms with Crippen LogP contribution in [-0.4, -0.2) is 71.5 Å². The second-order valence-electron chi connectivity index (χ2n) is 11.9. The third-order valence-corrected chi connectivity index (χ3v) is 9.65. The Kier molecular flexibility index (Phi) is 7.45. The first-order chi connectivity index (χ1) is 18.5. The quantitative estimate of drug-likeness (QED) is 0.549. The van der Waals surface area contributed by atoms with Gasteiger partial charge in [0.15, 0.2) is 0 Å². The van der Waals surface area contributed by atoms with E-state index in [0.717, 1.165) is 36.2 Å². The molecule has 38 heavy (non-hydrogen) atoms. The maximum Gasteiger partial charge on any atom is 0.255 e. The van der Waals surface area contributed by atoms with Gasteiger partial charge in [-0.15, -0.1) is 0 Å². The highest BCUT2D eigenvalue weighted by Gasteiger charge is 2.43. The molecule has 3 aliphatic heterocycles. The molecular weight excluding hydrogens is 482 g/mol. The van der Waals surface area contributed by atoms with Gasteiger partial charge in [0.25, 0.3) is 5.91 Å². The molecule has 4 fully saturated rings. The van der Waals surface area contributed by atoms with Gasteiger partial charge in [-0.05, 0) is 93.9 Å². The first-order valence-corrected chi connectivity index (χ1v) is 14.8. The molecule has 1 aromatic rings. The van der Waals surface area contributed by atoms with Crippen molar-refractivity contribution in [3.05, 3.63) is 29.3 Å². The number of likely N-dealkylation sites (tertiary alicyclic amines) is 1. The summed E-state index contributed by atoms with van der Waals surface area (Å²) in [5, 5.41) is 2.37. The van der Waals surface area contributed by atoms with Gasteiger partial charge in [0.05, 0.1) is 6.10 Å². The van der Waals surface area contributed by atoms with Crippen molar-refractivity contribution in [2.24, 2.45) is 11.8 Å². The highest BCUT2D eigenvalue weighted by Crippen LogP contribution is 2.40. The van der Waals surface area contributed by atoms with Crippen molar-refractivity contribution in [3.8, 4) is 5.75 Å². The molecule has 2 unspecified atom stereocenters. The van der Waals surface area contributed by atoms with E-state index >= 15 is 0 Å². The van der Waals surface area contributed by atoms with E-state index in [1.165, 1.54) is 58.0 Å². The summed E-state index contributed by atoms with van der Waals surface area (Å²) < 4.78 is 12.5. The molecule has 6 rings (SSSR count). The third kappa shape index (κ3) is 5.09. The molecule has 8 heteroatoms. The van der Waals surface area contributed by atoms with Crippen LogP contribution in [0.25, 0.3) is 0 Å². The SMILES string of the molecule is CCOC1CCC(C2CN([C@@H]3CCCCC3Oc3ccc4c(c3)CN(C3CCC(=O)NC3=O)C4=O)C2)CC1. The van der Waals surface area contributed by atoms with E-state index in [1.807, 2.05) is 18.2 Å². The monoisotopic (exact) mass is 523 g/mol. The van der Waals surface area contributed by atoms with Crippen molar-refractivity contribution in [2.75, 3.05) is 19.7 Å². The number of amides is 3. The normalized spacial score (nSPS) is 32.6. The first-order valence-electron chi connectivity index (χ1n) is 14.8. The van der Waals surface area contributed by atoms with Crippen LogP contribution in [0.1, 0.15) is 87.1 Å². The van der Waals surface area contributed by atoms with Crippen LogP contribution in [-0.2, 0) is 20.9 Å². The highest BCUT2D eigenvalue weighted by molar-refractivity contribution is 6.05. The molecule has 5 aliphatic rings. The average Bonchev–Trinajstić information content (AvgIpc) is 3.20. The number of hydrogen-bond acceptors (Lipinski definition) is 6. The zero-order valence-electron chi connectivity index (χ0n) is 22.5. The van der Waals surface area contributed by atoms with Gasteiger partial charge in [-0.2, -0.15) is 0 Å². The fourth-order valence-corrected chi connectivity index (χ4v) is 7.51. The first kappa shape index (κ1) is 25.8. The van der Waals surface area contributed by atoms with E-state index in [4.69, 9.17) is 9.47 Å². The molecule has 0 bridgehead atoms. The van der Waals surface area contributed by atoms with E-state index < -0.39 is 6.04 Å². The second-order valence-corrected chi connectivity index (χ2v) is 11.9. The molecule has 2 saturated carbocycles. The molecule has 0 radical (unpaired) electrons. The fourth-order valence-electron chi connectivity index (χ4n) is 7.51. The van der Waals surface area contributed by atoms with Crippen molar-refractivity contribution in [1.29, 1.82) is 0 Å². The Hall–Kier alpha value is -2.45. The van der Waals surface area contributed by atoms with Gasteiger partial charge in [0.1, 0.15) is 17.9 Å². The Morgan fingerprint density at radius 2 is 1.74 bits per heavy atom. The van der Waals surface area contributed by atoms with Crippen molar-refractivity contribution >= 4 is 17.7 Å². The van der Waals surface area contributed by atoms with Crippen molar-refractivity contribution in [1.82, 2.24) is 15.1 Å². The summed E-state index contributed by atoms with van der Waals surface area (Å²) >= 11 is 0. The zero-order chi connectivity index (χ0) is 26.2. The van der Waals surface area contributed by atoms with Crippen LogP contribution in [0.3, 0.4) is 0 Å². The minimum atomic E-state index is -0.590. The molecule has 1 N–H and O–H groups in total. The summed E-state index contributed by atoms with van der Waals surface area (Å²) in [6.45, 7) is 5.68. The van der Waals surface area contributed by atoms with Crippen LogP contribution >= 0.6 is 0 Å². The van der Waals surface area contributed by atoms with Crippen LogP contribution in [0.15, 0.2) is 18.2 Å². The molecule has 3 atom stereocenters. The number of carbonyl (C=O) groups excluding carboxylic acids is 3. The minimum Gasteiger partial charge on any atom is -0.489 e. The Balaban J connectivity index is 1.05. The van der Waals surface area contributed by atoms with Gasteiger partial charge in [0.2, 0.25) is 11.8 Å². The second kappa shape index (κ2) is 11.0. The topological polar surface area (TPSA) is 88.2 Å². The third-order valence-electron chi connectivity index (χ3n) is 9.65. The zero-order valence-corrected chi connectivity index (χ0v) is 22.5. The largest absolute Gasteiger partial charge is 0.489 e. The van der Waals surface area contributed by atoms with E-state index in [9.17, 15) is 14.4 Å². The van der Waals surface area contributed by atoms with Crippen molar-refractivity contribution in [3.63, 3.8) is 0 Å². The van der Waals surface area contributed by atoms with Crippen LogP contribution < -0.4 is 10.1 Å². The predicted molar refractivity (Wildman–Crippen MR) is 142 cm³/mol. The van der Waals surface area contributed by atoms with Gasteiger partial charge in [-0.3, -0.25) is 24.6 Å². The van der Waals surface area contributed by atoms with Gasteiger partial charge < -0.3 is 14.4 Å². The number of imide groups is 1. The number of fused-ring (bicyclic) bond motifs is 1. The highest BCUT2D eigenvalue weighted by atomic mass is 16.5. The maximum atomic E-state index is 13.0. The number of piperidine rings is 1. The Bertz CT molecular complexity index is 1060. The van der Waals surface area contributed by atoms with Gasteiger partial charge >= 0.3 is 0 Å². The number of nitrogens with zero attached hydrogens (tertiary/aromatic N) is 2. The van der Waals surface area contributed by atoms with E-state index in [1.54, 1.807) is 4.90 Å². The maximum absolute atomic E-state index is 13.0.